The van der Waals surface area contributed by atoms with Crippen molar-refractivity contribution in [3.63, 3.8) is 0 Å². The maximum absolute atomic E-state index is 10.2. The molecule has 0 fully saturated rings. The van der Waals surface area contributed by atoms with Crippen molar-refractivity contribution in [1.29, 1.82) is 0 Å². The third-order valence-electron chi connectivity index (χ3n) is 4.58. The zero-order valence-corrected chi connectivity index (χ0v) is 18.2. The van der Waals surface area contributed by atoms with Crippen LogP contribution in [-0.2, 0) is 0 Å². The molecule has 0 aliphatic carbocycles. The SMILES string of the molecule is OC(CNCCOc1cccc(-c2csc(-c3ccncc3)n2)c1)c1ccc(Cl)nc1. The number of ether oxygens (including phenoxy) is 1. The van der Waals surface area contributed by atoms with Gasteiger partial charge in [-0.1, -0.05) is 29.8 Å². The summed E-state index contributed by atoms with van der Waals surface area (Å²) in [6.07, 6.45) is 4.47. The van der Waals surface area contributed by atoms with Crippen LogP contribution in [0.4, 0.5) is 0 Å². The zero-order chi connectivity index (χ0) is 21.5. The lowest BCUT2D eigenvalue weighted by Gasteiger charge is -2.12. The molecule has 158 valence electrons. The number of halogens is 1. The fraction of sp³-hybridized carbons (Fsp3) is 0.174. The first-order valence-electron chi connectivity index (χ1n) is 9.78. The van der Waals surface area contributed by atoms with Gasteiger partial charge >= 0.3 is 0 Å². The van der Waals surface area contributed by atoms with Crippen LogP contribution in [-0.4, -0.2) is 39.8 Å². The molecule has 2 N–H and O–H groups in total. The fourth-order valence-electron chi connectivity index (χ4n) is 2.96. The number of nitrogens with one attached hydrogen (secondary N) is 1. The summed E-state index contributed by atoms with van der Waals surface area (Å²) in [4.78, 5) is 12.8. The molecule has 31 heavy (non-hydrogen) atoms. The summed E-state index contributed by atoms with van der Waals surface area (Å²) in [6.45, 7) is 1.49. The molecule has 4 aromatic rings. The largest absolute Gasteiger partial charge is 0.492 e. The van der Waals surface area contributed by atoms with E-state index in [-0.39, 0.29) is 0 Å². The Hall–Kier alpha value is -2.84. The summed E-state index contributed by atoms with van der Waals surface area (Å²) < 4.78 is 5.86. The van der Waals surface area contributed by atoms with Gasteiger partial charge in [-0.25, -0.2) is 9.97 Å². The Labute approximate surface area is 189 Å². The van der Waals surface area contributed by atoms with Gasteiger partial charge < -0.3 is 15.2 Å². The van der Waals surface area contributed by atoms with Crippen molar-refractivity contribution >= 4 is 22.9 Å². The van der Waals surface area contributed by atoms with Crippen molar-refractivity contribution in [2.75, 3.05) is 19.7 Å². The standard InChI is InChI=1S/C23H21ClN4O2S/c24-22-5-4-18(13-27-22)21(29)14-26-10-11-30-19-3-1-2-17(12-19)20-15-31-23(28-20)16-6-8-25-9-7-16/h1-9,12-13,15,21,26,29H,10-11,14H2. The number of pyridine rings is 2. The predicted molar refractivity (Wildman–Crippen MR) is 123 cm³/mol. The van der Waals surface area contributed by atoms with E-state index in [0.717, 1.165) is 33.1 Å². The van der Waals surface area contributed by atoms with Crippen LogP contribution in [0.5, 0.6) is 5.75 Å². The summed E-state index contributed by atoms with van der Waals surface area (Å²) in [5, 5.41) is 16.8. The predicted octanol–water partition coefficient (Wildman–Crippen LogP) is 4.62. The number of aromatic nitrogens is 3. The quantitative estimate of drug-likeness (QED) is 0.285. The lowest BCUT2D eigenvalue weighted by atomic mass is 10.1. The number of rotatable bonds is 9. The molecule has 4 rings (SSSR count). The van der Waals surface area contributed by atoms with Crippen LogP contribution in [0.3, 0.4) is 0 Å². The maximum Gasteiger partial charge on any atom is 0.129 e. The normalized spacial score (nSPS) is 11.9. The van der Waals surface area contributed by atoms with Crippen LogP contribution < -0.4 is 10.1 Å². The molecule has 0 aliphatic rings. The highest BCUT2D eigenvalue weighted by Gasteiger charge is 2.09. The highest BCUT2D eigenvalue weighted by Crippen LogP contribution is 2.30. The smallest absolute Gasteiger partial charge is 0.129 e. The molecule has 0 bridgehead atoms. The number of aliphatic hydroxyl groups is 1. The van der Waals surface area contributed by atoms with E-state index in [0.29, 0.717) is 24.8 Å². The second-order valence-corrected chi connectivity index (χ2v) is 8.03. The van der Waals surface area contributed by atoms with E-state index in [2.05, 4.69) is 15.3 Å². The Morgan fingerprint density at radius 3 is 2.77 bits per heavy atom. The van der Waals surface area contributed by atoms with Gasteiger partial charge in [-0.15, -0.1) is 11.3 Å². The number of hydrogen-bond acceptors (Lipinski definition) is 7. The Morgan fingerprint density at radius 1 is 1.10 bits per heavy atom. The van der Waals surface area contributed by atoms with E-state index < -0.39 is 6.10 Å². The van der Waals surface area contributed by atoms with Gasteiger partial charge in [0.1, 0.15) is 22.5 Å². The first kappa shape index (κ1) is 21.4. The van der Waals surface area contributed by atoms with Crippen LogP contribution in [0.2, 0.25) is 5.15 Å². The van der Waals surface area contributed by atoms with Gasteiger partial charge in [-0.05, 0) is 30.3 Å². The first-order chi connectivity index (χ1) is 15.2. The van der Waals surface area contributed by atoms with Crippen LogP contribution >= 0.6 is 22.9 Å². The molecule has 1 unspecified atom stereocenters. The molecule has 0 amide bonds. The molecule has 0 aliphatic heterocycles. The lowest BCUT2D eigenvalue weighted by molar-refractivity contribution is 0.171. The molecule has 0 saturated carbocycles. The second-order valence-electron chi connectivity index (χ2n) is 6.78. The molecule has 1 aromatic carbocycles. The maximum atomic E-state index is 10.2. The number of hydrogen-bond donors (Lipinski definition) is 2. The molecule has 3 aromatic heterocycles. The second kappa shape index (κ2) is 10.5. The topological polar surface area (TPSA) is 80.2 Å². The third-order valence-corrected chi connectivity index (χ3v) is 5.70. The van der Waals surface area contributed by atoms with Crippen molar-refractivity contribution in [2.24, 2.45) is 0 Å². The van der Waals surface area contributed by atoms with Gasteiger partial charge in [0.25, 0.3) is 0 Å². The van der Waals surface area contributed by atoms with E-state index in [1.165, 1.54) is 0 Å². The summed E-state index contributed by atoms with van der Waals surface area (Å²) in [7, 11) is 0. The first-order valence-corrected chi connectivity index (χ1v) is 11.0. The minimum absolute atomic E-state index is 0.406. The summed E-state index contributed by atoms with van der Waals surface area (Å²) in [6, 6.07) is 15.2. The van der Waals surface area contributed by atoms with Gasteiger partial charge in [0.05, 0.1) is 11.8 Å². The molecule has 8 heteroatoms. The summed E-state index contributed by atoms with van der Waals surface area (Å²) in [5.74, 6) is 0.778. The van der Waals surface area contributed by atoms with Gasteiger partial charge in [0.2, 0.25) is 0 Å². The van der Waals surface area contributed by atoms with E-state index in [1.807, 2.05) is 41.8 Å². The number of thiazole rings is 1. The van der Waals surface area contributed by atoms with Gasteiger partial charge in [-0.2, -0.15) is 0 Å². The van der Waals surface area contributed by atoms with E-state index in [9.17, 15) is 5.11 Å². The van der Waals surface area contributed by atoms with Crippen LogP contribution in [0.25, 0.3) is 21.8 Å². The van der Waals surface area contributed by atoms with Crippen molar-refractivity contribution in [1.82, 2.24) is 20.3 Å². The summed E-state index contributed by atoms with van der Waals surface area (Å²) >= 11 is 7.37. The third kappa shape index (κ3) is 5.86. The van der Waals surface area contributed by atoms with Crippen molar-refractivity contribution in [2.45, 2.75) is 6.10 Å². The van der Waals surface area contributed by atoms with Crippen molar-refractivity contribution in [3.05, 3.63) is 83.2 Å². The highest BCUT2D eigenvalue weighted by molar-refractivity contribution is 7.13. The molecular formula is C23H21ClN4O2S. The number of benzene rings is 1. The monoisotopic (exact) mass is 452 g/mol. The van der Waals surface area contributed by atoms with E-state index in [1.54, 1.807) is 42.1 Å². The van der Waals surface area contributed by atoms with Crippen LogP contribution in [0, 0.1) is 0 Å². The Bertz CT molecular complexity index is 1110. The number of nitrogens with zero attached hydrogens (tertiary/aromatic N) is 3. The Morgan fingerprint density at radius 2 is 1.97 bits per heavy atom. The molecule has 6 nitrogen and oxygen atoms in total. The molecule has 0 radical (unpaired) electrons. The Kier molecular flexibility index (Phi) is 7.22. The molecular weight excluding hydrogens is 432 g/mol. The fourth-order valence-corrected chi connectivity index (χ4v) is 3.91. The Balaban J connectivity index is 1.27. The van der Waals surface area contributed by atoms with Gasteiger partial charge in [0.15, 0.2) is 0 Å². The minimum Gasteiger partial charge on any atom is -0.492 e. The molecule has 3 heterocycles. The molecule has 1 atom stereocenters. The van der Waals surface area contributed by atoms with E-state index >= 15 is 0 Å². The van der Waals surface area contributed by atoms with Crippen molar-refractivity contribution in [3.8, 4) is 27.6 Å². The molecule has 0 saturated heterocycles. The average molecular weight is 453 g/mol. The van der Waals surface area contributed by atoms with Gasteiger partial charge in [0, 0.05) is 53.8 Å². The van der Waals surface area contributed by atoms with Crippen LogP contribution in [0.1, 0.15) is 11.7 Å². The lowest BCUT2D eigenvalue weighted by Crippen LogP contribution is -2.26. The molecule has 0 spiro atoms. The average Bonchev–Trinajstić information content (AvgIpc) is 3.30. The number of aliphatic hydroxyl groups excluding tert-OH is 1. The van der Waals surface area contributed by atoms with Gasteiger partial charge in [-0.3, -0.25) is 4.98 Å². The van der Waals surface area contributed by atoms with Crippen molar-refractivity contribution < 1.29 is 9.84 Å². The summed E-state index contributed by atoms with van der Waals surface area (Å²) in [5.41, 5.74) is 3.70. The zero-order valence-electron chi connectivity index (χ0n) is 16.6. The van der Waals surface area contributed by atoms with Crippen LogP contribution in [0.15, 0.2) is 72.5 Å². The highest BCUT2D eigenvalue weighted by atomic mass is 35.5. The van der Waals surface area contributed by atoms with E-state index in [4.69, 9.17) is 21.3 Å². The minimum atomic E-state index is -0.646.